The highest BCUT2D eigenvalue weighted by molar-refractivity contribution is 9.10. The summed E-state index contributed by atoms with van der Waals surface area (Å²) in [5.74, 6) is 1.47. The topological polar surface area (TPSA) is 42.0 Å². The van der Waals surface area contributed by atoms with Crippen LogP contribution < -0.4 is 5.32 Å². The van der Waals surface area contributed by atoms with Crippen molar-refractivity contribution >= 4 is 21.8 Å². The summed E-state index contributed by atoms with van der Waals surface area (Å²) < 4.78 is 0.847. The highest BCUT2D eigenvalue weighted by atomic mass is 79.9. The van der Waals surface area contributed by atoms with E-state index in [0.29, 0.717) is 11.6 Å². The van der Waals surface area contributed by atoms with Gasteiger partial charge in [-0.25, -0.2) is 0 Å². The molecule has 2 fully saturated rings. The predicted octanol–water partition coefficient (Wildman–Crippen LogP) is 2.76. The van der Waals surface area contributed by atoms with E-state index in [1.54, 1.807) is 12.4 Å². The lowest BCUT2D eigenvalue weighted by atomic mass is 10.1. The third kappa shape index (κ3) is 2.68. The maximum atomic E-state index is 12.1. The fourth-order valence-corrected chi connectivity index (χ4v) is 2.67. The lowest BCUT2D eigenvalue weighted by molar-refractivity contribution is 0.0926. The zero-order valence-electron chi connectivity index (χ0n) is 9.53. The number of carbonyl (C=O) groups excluding carboxylic acids is 1. The van der Waals surface area contributed by atoms with Crippen molar-refractivity contribution < 1.29 is 4.79 Å². The number of nitrogens with one attached hydrogen (secondary N) is 1. The van der Waals surface area contributed by atoms with E-state index in [0.717, 1.165) is 16.3 Å². The van der Waals surface area contributed by atoms with Crippen LogP contribution in [0, 0.1) is 11.8 Å². The van der Waals surface area contributed by atoms with Crippen molar-refractivity contribution in [2.24, 2.45) is 11.8 Å². The molecule has 0 radical (unpaired) electrons. The molecule has 4 heteroatoms. The molecule has 0 unspecified atom stereocenters. The zero-order valence-corrected chi connectivity index (χ0v) is 11.1. The van der Waals surface area contributed by atoms with E-state index in [9.17, 15) is 4.79 Å². The van der Waals surface area contributed by atoms with Crippen LogP contribution >= 0.6 is 15.9 Å². The summed E-state index contributed by atoms with van der Waals surface area (Å²) in [4.78, 5) is 16.1. The SMILES string of the molecule is O=C(NC(C1CC1)C1CC1)c1cncc(Br)c1. The molecule has 0 bridgehead atoms. The van der Waals surface area contributed by atoms with Crippen molar-refractivity contribution in [3.63, 3.8) is 0 Å². The Hall–Kier alpha value is -0.900. The molecule has 2 aliphatic rings. The van der Waals surface area contributed by atoms with Crippen molar-refractivity contribution in [2.45, 2.75) is 31.7 Å². The van der Waals surface area contributed by atoms with Crippen LogP contribution in [0.4, 0.5) is 0 Å². The third-order valence-electron chi connectivity index (χ3n) is 3.52. The summed E-state index contributed by atoms with van der Waals surface area (Å²) in [6, 6.07) is 2.22. The fourth-order valence-electron chi connectivity index (χ4n) is 2.30. The number of aromatic nitrogens is 1. The molecule has 1 aromatic rings. The van der Waals surface area contributed by atoms with Crippen molar-refractivity contribution in [3.8, 4) is 0 Å². The molecule has 0 spiro atoms. The van der Waals surface area contributed by atoms with Crippen molar-refractivity contribution in [3.05, 3.63) is 28.5 Å². The van der Waals surface area contributed by atoms with E-state index in [1.165, 1.54) is 25.7 Å². The van der Waals surface area contributed by atoms with Crippen LogP contribution in [0.25, 0.3) is 0 Å². The molecule has 2 aliphatic carbocycles. The molecular weight excluding hydrogens is 280 g/mol. The predicted molar refractivity (Wildman–Crippen MR) is 68.6 cm³/mol. The van der Waals surface area contributed by atoms with Crippen LogP contribution in [0.1, 0.15) is 36.0 Å². The van der Waals surface area contributed by atoms with Gasteiger partial charge in [0.05, 0.1) is 5.56 Å². The third-order valence-corrected chi connectivity index (χ3v) is 3.96. The summed E-state index contributed by atoms with van der Waals surface area (Å²) in [6.07, 6.45) is 8.42. The van der Waals surface area contributed by atoms with E-state index in [1.807, 2.05) is 6.07 Å². The normalized spacial score (nSPS) is 19.4. The Kier molecular flexibility index (Phi) is 2.90. The first-order valence-electron chi connectivity index (χ1n) is 6.15. The number of halogens is 1. The Labute approximate surface area is 109 Å². The van der Waals surface area contributed by atoms with Gasteiger partial charge >= 0.3 is 0 Å². The smallest absolute Gasteiger partial charge is 0.253 e. The highest BCUT2D eigenvalue weighted by Gasteiger charge is 2.42. The average Bonchev–Trinajstić information content (AvgIpc) is 3.16. The molecule has 0 atom stereocenters. The van der Waals surface area contributed by atoms with Crippen molar-refractivity contribution in [1.82, 2.24) is 10.3 Å². The average molecular weight is 295 g/mol. The van der Waals surface area contributed by atoms with Gasteiger partial charge < -0.3 is 5.32 Å². The minimum Gasteiger partial charge on any atom is -0.349 e. The number of rotatable bonds is 4. The lowest BCUT2D eigenvalue weighted by Crippen LogP contribution is -2.38. The maximum Gasteiger partial charge on any atom is 0.253 e. The van der Waals surface area contributed by atoms with Gasteiger partial charge in [0.2, 0.25) is 0 Å². The Morgan fingerprint density at radius 1 is 1.29 bits per heavy atom. The minimum atomic E-state index is 0.0163. The maximum absolute atomic E-state index is 12.1. The molecule has 3 rings (SSSR count). The highest BCUT2D eigenvalue weighted by Crippen LogP contribution is 2.44. The van der Waals surface area contributed by atoms with Gasteiger partial charge in [-0.1, -0.05) is 0 Å². The van der Waals surface area contributed by atoms with Crippen LogP contribution in [0.3, 0.4) is 0 Å². The molecule has 2 saturated carbocycles. The Balaban J connectivity index is 1.69. The molecule has 0 aromatic carbocycles. The molecule has 17 heavy (non-hydrogen) atoms. The summed E-state index contributed by atoms with van der Waals surface area (Å²) >= 11 is 3.34. The van der Waals surface area contributed by atoms with Crippen LogP contribution in [0.2, 0.25) is 0 Å². The Morgan fingerprint density at radius 3 is 2.47 bits per heavy atom. The molecular formula is C13H15BrN2O. The molecule has 1 N–H and O–H groups in total. The monoisotopic (exact) mass is 294 g/mol. The number of hydrogen-bond acceptors (Lipinski definition) is 2. The van der Waals surface area contributed by atoms with Gasteiger partial charge in [-0.15, -0.1) is 0 Å². The molecule has 0 aliphatic heterocycles. The largest absolute Gasteiger partial charge is 0.349 e. The standard InChI is InChI=1S/C13H15BrN2O/c14-11-5-10(6-15-7-11)13(17)16-12(8-1-2-8)9-3-4-9/h5-9,12H,1-4H2,(H,16,17). The van der Waals surface area contributed by atoms with Gasteiger partial charge in [-0.2, -0.15) is 0 Å². The van der Waals surface area contributed by atoms with Crippen LogP contribution in [-0.4, -0.2) is 16.9 Å². The second kappa shape index (κ2) is 4.41. The van der Waals surface area contributed by atoms with Gasteiger partial charge in [0, 0.05) is 22.9 Å². The van der Waals surface area contributed by atoms with E-state index < -0.39 is 0 Å². The van der Waals surface area contributed by atoms with Crippen LogP contribution in [0.15, 0.2) is 22.9 Å². The van der Waals surface area contributed by atoms with E-state index in [-0.39, 0.29) is 5.91 Å². The zero-order chi connectivity index (χ0) is 11.8. The molecule has 3 nitrogen and oxygen atoms in total. The van der Waals surface area contributed by atoms with Gasteiger partial charge in [-0.05, 0) is 59.5 Å². The number of pyridine rings is 1. The van der Waals surface area contributed by atoms with Crippen molar-refractivity contribution in [1.29, 1.82) is 0 Å². The Morgan fingerprint density at radius 2 is 1.94 bits per heavy atom. The van der Waals surface area contributed by atoms with E-state index in [4.69, 9.17) is 0 Å². The second-order valence-electron chi connectivity index (χ2n) is 5.07. The molecule has 1 heterocycles. The van der Waals surface area contributed by atoms with E-state index in [2.05, 4.69) is 26.2 Å². The van der Waals surface area contributed by atoms with Crippen molar-refractivity contribution in [2.75, 3.05) is 0 Å². The number of hydrogen-bond donors (Lipinski definition) is 1. The summed E-state index contributed by atoms with van der Waals surface area (Å²) in [5.41, 5.74) is 0.644. The Bertz CT molecular complexity index is 429. The van der Waals surface area contributed by atoms with Gasteiger partial charge in [0.1, 0.15) is 0 Å². The second-order valence-corrected chi connectivity index (χ2v) is 5.98. The first-order valence-corrected chi connectivity index (χ1v) is 6.95. The summed E-state index contributed by atoms with van der Waals surface area (Å²) in [6.45, 7) is 0. The number of amides is 1. The number of nitrogens with zero attached hydrogens (tertiary/aromatic N) is 1. The summed E-state index contributed by atoms with van der Waals surface area (Å²) in [5, 5.41) is 3.18. The molecule has 90 valence electrons. The van der Waals surface area contributed by atoms with Gasteiger partial charge in [0.15, 0.2) is 0 Å². The number of carbonyl (C=O) groups is 1. The van der Waals surface area contributed by atoms with Gasteiger partial charge in [0.25, 0.3) is 5.91 Å². The summed E-state index contributed by atoms with van der Waals surface area (Å²) in [7, 11) is 0. The van der Waals surface area contributed by atoms with Crippen LogP contribution in [-0.2, 0) is 0 Å². The van der Waals surface area contributed by atoms with Gasteiger partial charge in [-0.3, -0.25) is 9.78 Å². The first kappa shape index (κ1) is 11.2. The fraction of sp³-hybridized carbons (Fsp3) is 0.538. The molecule has 1 aromatic heterocycles. The lowest BCUT2D eigenvalue weighted by Gasteiger charge is -2.17. The minimum absolute atomic E-state index is 0.0163. The van der Waals surface area contributed by atoms with E-state index >= 15 is 0 Å². The molecule has 1 amide bonds. The molecule has 0 saturated heterocycles. The van der Waals surface area contributed by atoms with Crippen LogP contribution in [0.5, 0.6) is 0 Å². The first-order chi connectivity index (χ1) is 8.24. The quantitative estimate of drug-likeness (QED) is 0.928.